The summed E-state index contributed by atoms with van der Waals surface area (Å²) in [6.07, 6.45) is -1.10. The minimum atomic E-state index is -1.06. The van der Waals surface area contributed by atoms with Crippen molar-refractivity contribution in [3.8, 4) is 11.5 Å². The maximum Gasteiger partial charge on any atom is 0.333 e. The van der Waals surface area contributed by atoms with Gasteiger partial charge >= 0.3 is 5.97 Å². The van der Waals surface area contributed by atoms with Crippen LogP contribution in [0.15, 0.2) is 36.4 Å². The van der Waals surface area contributed by atoms with E-state index in [4.69, 9.17) is 37.4 Å². The van der Waals surface area contributed by atoms with E-state index in [0.717, 1.165) is 0 Å². The standard InChI is InChI=1S/C21H23Cl2NO6/c1-12(2)30-19(21(26)27)9-13-4-6-18(28-3)16(8-13)24-20(25)11-29-17-7-5-14(22)10-15(17)23/h4-8,10,12,19H,9,11H2,1-3H3,(H,24,25)(H,26,27). The molecule has 0 spiro atoms. The summed E-state index contributed by atoms with van der Waals surface area (Å²) < 4.78 is 16.1. The molecule has 2 N–H and O–H groups in total. The Morgan fingerprint density at radius 3 is 2.40 bits per heavy atom. The lowest BCUT2D eigenvalue weighted by atomic mass is 10.1. The van der Waals surface area contributed by atoms with Crippen LogP contribution in [0.25, 0.3) is 0 Å². The third-order valence-electron chi connectivity index (χ3n) is 3.92. The molecular formula is C21H23Cl2NO6. The number of benzene rings is 2. The monoisotopic (exact) mass is 455 g/mol. The number of rotatable bonds is 10. The van der Waals surface area contributed by atoms with E-state index in [2.05, 4.69) is 5.32 Å². The fraction of sp³-hybridized carbons (Fsp3) is 0.333. The third-order valence-corrected chi connectivity index (χ3v) is 4.45. The molecule has 0 heterocycles. The number of amides is 1. The zero-order valence-electron chi connectivity index (χ0n) is 16.8. The van der Waals surface area contributed by atoms with Crippen molar-refractivity contribution >= 4 is 40.8 Å². The number of anilines is 1. The Hall–Kier alpha value is -2.48. The molecule has 0 fully saturated rings. The molecule has 0 saturated heterocycles. The van der Waals surface area contributed by atoms with Gasteiger partial charge in [-0.25, -0.2) is 4.79 Å². The molecule has 2 aromatic carbocycles. The van der Waals surface area contributed by atoms with Crippen LogP contribution < -0.4 is 14.8 Å². The molecule has 1 unspecified atom stereocenters. The molecule has 30 heavy (non-hydrogen) atoms. The molecule has 0 aliphatic rings. The van der Waals surface area contributed by atoms with Crippen molar-refractivity contribution in [2.45, 2.75) is 32.5 Å². The van der Waals surface area contributed by atoms with Crippen LogP contribution in [0.1, 0.15) is 19.4 Å². The highest BCUT2D eigenvalue weighted by Gasteiger charge is 2.21. The second-order valence-corrected chi connectivity index (χ2v) is 7.51. The Morgan fingerprint density at radius 1 is 1.10 bits per heavy atom. The molecule has 0 aliphatic heterocycles. The van der Waals surface area contributed by atoms with Gasteiger partial charge in [0.05, 0.1) is 23.9 Å². The summed E-state index contributed by atoms with van der Waals surface area (Å²) in [4.78, 5) is 23.8. The molecule has 1 amide bonds. The number of halogens is 2. The van der Waals surface area contributed by atoms with Crippen LogP contribution in [-0.4, -0.2) is 42.9 Å². The molecule has 9 heteroatoms. The number of nitrogens with one attached hydrogen (secondary N) is 1. The molecule has 0 aromatic heterocycles. The summed E-state index contributed by atoms with van der Waals surface area (Å²) in [5.41, 5.74) is 1.06. The number of hydrogen-bond acceptors (Lipinski definition) is 5. The van der Waals surface area contributed by atoms with Crippen molar-refractivity contribution in [1.29, 1.82) is 0 Å². The molecule has 0 saturated carbocycles. The van der Waals surface area contributed by atoms with Gasteiger partial charge in [-0.05, 0) is 49.7 Å². The van der Waals surface area contributed by atoms with E-state index >= 15 is 0 Å². The summed E-state index contributed by atoms with van der Waals surface area (Å²) >= 11 is 11.9. The summed E-state index contributed by atoms with van der Waals surface area (Å²) in [6, 6.07) is 9.70. The Bertz CT molecular complexity index is 903. The van der Waals surface area contributed by atoms with E-state index < -0.39 is 18.0 Å². The van der Waals surface area contributed by atoms with Crippen molar-refractivity contribution in [1.82, 2.24) is 0 Å². The Labute approximate surface area is 184 Å². The number of carbonyl (C=O) groups excluding carboxylic acids is 1. The van der Waals surface area contributed by atoms with E-state index in [1.165, 1.54) is 13.2 Å². The van der Waals surface area contributed by atoms with Gasteiger partial charge in [0.2, 0.25) is 0 Å². The second-order valence-electron chi connectivity index (χ2n) is 6.66. The van der Waals surface area contributed by atoms with Crippen molar-refractivity contribution in [3.05, 3.63) is 52.0 Å². The van der Waals surface area contributed by atoms with Gasteiger partial charge in [0.1, 0.15) is 11.5 Å². The van der Waals surface area contributed by atoms with Crippen LogP contribution in [-0.2, 0) is 20.7 Å². The fourth-order valence-corrected chi connectivity index (χ4v) is 3.10. The topological polar surface area (TPSA) is 94.1 Å². The summed E-state index contributed by atoms with van der Waals surface area (Å²) in [7, 11) is 1.47. The maximum atomic E-state index is 12.3. The van der Waals surface area contributed by atoms with Crippen molar-refractivity contribution < 1.29 is 28.9 Å². The molecule has 0 bridgehead atoms. The average Bonchev–Trinajstić information content (AvgIpc) is 2.66. The predicted octanol–water partition coefficient (Wildman–Crippen LogP) is 4.44. The average molecular weight is 456 g/mol. The summed E-state index contributed by atoms with van der Waals surface area (Å²) in [6.45, 7) is 3.24. The van der Waals surface area contributed by atoms with Crippen molar-refractivity contribution in [2.75, 3.05) is 19.0 Å². The van der Waals surface area contributed by atoms with Gasteiger partial charge in [0, 0.05) is 11.4 Å². The Kier molecular flexibility index (Phi) is 8.77. The lowest BCUT2D eigenvalue weighted by molar-refractivity contribution is -0.153. The van der Waals surface area contributed by atoms with Gasteiger partial charge in [-0.3, -0.25) is 4.79 Å². The quantitative estimate of drug-likeness (QED) is 0.549. The number of ether oxygens (including phenoxy) is 3. The van der Waals surface area contributed by atoms with Gasteiger partial charge < -0.3 is 24.6 Å². The van der Waals surface area contributed by atoms with E-state index in [9.17, 15) is 14.7 Å². The van der Waals surface area contributed by atoms with Crippen LogP contribution >= 0.6 is 23.2 Å². The molecular weight excluding hydrogens is 433 g/mol. The van der Waals surface area contributed by atoms with Crippen molar-refractivity contribution in [2.24, 2.45) is 0 Å². The van der Waals surface area contributed by atoms with E-state index in [0.29, 0.717) is 32.8 Å². The number of carboxylic acids is 1. The lowest BCUT2D eigenvalue weighted by Crippen LogP contribution is -2.29. The molecule has 2 aromatic rings. The maximum absolute atomic E-state index is 12.3. The van der Waals surface area contributed by atoms with Crippen molar-refractivity contribution in [3.63, 3.8) is 0 Å². The van der Waals surface area contributed by atoms with E-state index in [1.807, 2.05) is 0 Å². The predicted molar refractivity (Wildman–Crippen MR) is 115 cm³/mol. The first-order valence-corrected chi connectivity index (χ1v) is 9.88. The van der Waals surface area contributed by atoms with Gasteiger partial charge in [0.25, 0.3) is 5.91 Å². The first-order chi connectivity index (χ1) is 14.2. The summed E-state index contributed by atoms with van der Waals surface area (Å²) in [5, 5.41) is 12.8. The van der Waals surface area contributed by atoms with Crippen LogP contribution in [0, 0.1) is 0 Å². The van der Waals surface area contributed by atoms with Crippen LogP contribution in [0.2, 0.25) is 10.0 Å². The van der Waals surface area contributed by atoms with Gasteiger partial charge in [-0.15, -0.1) is 0 Å². The highest BCUT2D eigenvalue weighted by molar-refractivity contribution is 6.35. The normalized spacial score (nSPS) is 11.8. The van der Waals surface area contributed by atoms with E-state index in [1.54, 1.807) is 44.2 Å². The first kappa shape index (κ1) is 23.8. The fourth-order valence-electron chi connectivity index (χ4n) is 2.64. The van der Waals surface area contributed by atoms with Crippen LogP contribution in [0.4, 0.5) is 5.69 Å². The zero-order valence-corrected chi connectivity index (χ0v) is 18.3. The van der Waals surface area contributed by atoms with Gasteiger partial charge in [-0.1, -0.05) is 29.3 Å². The molecule has 2 rings (SSSR count). The zero-order chi connectivity index (χ0) is 22.3. The number of methoxy groups -OCH3 is 1. The molecule has 7 nitrogen and oxygen atoms in total. The highest BCUT2D eigenvalue weighted by Crippen LogP contribution is 2.28. The number of aliphatic carboxylic acids is 1. The van der Waals surface area contributed by atoms with Gasteiger partial charge in [-0.2, -0.15) is 0 Å². The third kappa shape index (κ3) is 7.09. The number of carbonyl (C=O) groups is 2. The Balaban J connectivity index is 2.08. The first-order valence-electron chi connectivity index (χ1n) is 9.12. The minimum absolute atomic E-state index is 0.136. The summed E-state index contributed by atoms with van der Waals surface area (Å²) in [5.74, 6) is -0.747. The highest BCUT2D eigenvalue weighted by atomic mass is 35.5. The lowest BCUT2D eigenvalue weighted by Gasteiger charge is -2.18. The van der Waals surface area contributed by atoms with Gasteiger partial charge in [0.15, 0.2) is 12.7 Å². The number of carboxylic acid groups (broad SMARTS) is 1. The van der Waals surface area contributed by atoms with E-state index in [-0.39, 0.29) is 19.1 Å². The second kappa shape index (κ2) is 11.1. The largest absolute Gasteiger partial charge is 0.495 e. The smallest absolute Gasteiger partial charge is 0.333 e. The molecule has 162 valence electrons. The van der Waals surface area contributed by atoms with Crippen LogP contribution in [0.3, 0.4) is 0 Å². The SMILES string of the molecule is COc1ccc(CC(OC(C)C)C(=O)O)cc1NC(=O)COc1ccc(Cl)cc1Cl. The molecule has 1 atom stereocenters. The minimum Gasteiger partial charge on any atom is -0.495 e. The number of hydrogen-bond donors (Lipinski definition) is 2. The molecule has 0 aliphatic carbocycles. The van der Waals surface area contributed by atoms with Crippen LogP contribution in [0.5, 0.6) is 11.5 Å². The Morgan fingerprint density at radius 2 is 1.80 bits per heavy atom. The molecule has 0 radical (unpaired) electrons.